The number of carbonyl (C=O) groups excluding carboxylic acids is 2. The third-order valence-electron chi connectivity index (χ3n) is 10.5. The van der Waals surface area contributed by atoms with Gasteiger partial charge in [-0.15, -0.1) is 0 Å². The fourth-order valence-corrected chi connectivity index (χ4v) is 9.43. The van der Waals surface area contributed by atoms with Crippen LogP contribution in [-0.4, -0.2) is 54.1 Å². The first-order valence-corrected chi connectivity index (χ1v) is 15.9. The molecular formula is C37H32Cl2N2O2. The molecule has 0 radical (unpaired) electrons. The Morgan fingerprint density at radius 2 is 1.53 bits per heavy atom. The molecule has 0 N–H and O–H groups in total. The van der Waals surface area contributed by atoms with E-state index in [1.807, 2.05) is 54.6 Å². The molecule has 216 valence electrons. The van der Waals surface area contributed by atoms with Crippen LogP contribution < -0.4 is 0 Å². The van der Waals surface area contributed by atoms with Gasteiger partial charge in [0.25, 0.3) is 0 Å². The average Bonchev–Trinajstić information content (AvgIpc) is 3.42. The van der Waals surface area contributed by atoms with Gasteiger partial charge < -0.3 is 4.90 Å². The Labute approximate surface area is 261 Å². The van der Waals surface area contributed by atoms with Crippen molar-refractivity contribution in [2.75, 3.05) is 26.7 Å². The second-order valence-electron chi connectivity index (χ2n) is 12.7. The molecule has 1 aliphatic carbocycles. The zero-order chi connectivity index (χ0) is 29.5. The normalized spacial score (nSPS) is 29.8. The van der Waals surface area contributed by atoms with E-state index in [0.717, 1.165) is 64.4 Å². The maximum absolute atomic E-state index is 15.6. The number of Topliss-reactive ketones (excluding diaryl/α,β-unsaturated/α-hetero) is 2. The first kappa shape index (κ1) is 27.3. The van der Waals surface area contributed by atoms with E-state index in [1.54, 1.807) is 0 Å². The summed E-state index contributed by atoms with van der Waals surface area (Å²) in [6, 6.07) is 28.0. The SMILES string of the molecule is CN1C/C(=C\c2ccc(Cl)cc2)C(=O)C2(C1)[C@@H](c1ccc(Cl)cc1)[C@@H]1CCCCN1[C@@]21C(=O)c2cccc3cccc1c23. The summed E-state index contributed by atoms with van der Waals surface area (Å²) in [6.07, 6.45) is 5.01. The summed E-state index contributed by atoms with van der Waals surface area (Å²) in [4.78, 5) is 35.7. The van der Waals surface area contributed by atoms with Gasteiger partial charge >= 0.3 is 0 Å². The van der Waals surface area contributed by atoms with E-state index in [2.05, 4.69) is 53.2 Å². The first-order chi connectivity index (χ1) is 20.9. The molecule has 2 spiro atoms. The fourth-order valence-electron chi connectivity index (χ4n) is 9.18. The van der Waals surface area contributed by atoms with E-state index < -0.39 is 11.0 Å². The number of hydrogen-bond donors (Lipinski definition) is 0. The van der Waals surface area contributed by atoms with Crippen molar-refractivity contribution >= 4 is 51.6 Å². The molecule has 4 atom stereocenters. The molecular weight excluding hydrogens is 575 g/mol. The van der Waals surface area contributed by atoms with Crippen LogP contribution in [0.5, 0.6) is 0 Å². The van der Waals surface area contributed by atoms with Gasteiger partial charge in [-0.25, -0.2) is 0 Å². The van der Waals surface area contributed by atoms with Gasteiger partial charge in [0.05, 0.1) is 5.41 Å². The molecule has 43 heavy (non-hydrogen) atoms. The molecule has 3 aliphatic heterocycles. The van der Waals surface area contributed by atoms with Crippen LogP contribution in [0.1, 0.15) is 52.2 Å². The summed E-state index contributed by atoms with van der Waals surface area (Å²) >= 11 is 12.6. The number of piperidine rings is 2. The van der Waals surface area contributed by atoms with E-state index in [-0.39, 0.29) is 23.5 Å². The third kappa shape index (κ3) is 3.64. The van der Waals surface area contributed by atoms with Crippen molar-refractivity contribution in [2.45, 2.75) is 36.8 Å². The minimum absolute atomic E-state index is 0.0377. The van der Waals surface area contributed by atoms with Gasteiger partial charge in [-0.05, 0) is 84.2 Å². The van der Waals surface area contributed by atoms with Crippen LogP contribution in [0.15, 0.2) is 90.5 Å². The number of halogens is 2. The molecule has 4 nitrogen and oxygen atoms in total. The Balaban J connectivity index is 1.46. The van der Waals surface area contributed by atoms with Gasteiger partial charge in [0, 0.05) is 46.2 Å². The molecule has 0 saturated carbocycles. The number of likely N-dealkylation sites (N-methyl/N-ethyl adjacent to an activating group) is 1. The van der Waals surface area contributed by atoms with E-state index in [4.69, 9.17) is 23.2 Å². The predicted octanol–water partition coefficient (Wildman–Crippen LogP) is 7.77. The molecule has 3 heterocycles. The van der Waals surface area contributed by atoms with Crippen molar-refractivity contribution in [3.8, 4) is 0 Å². The van der Waals surface area contributed by atoms with Crippen LogP contribution in [0.2, 0.25) is 10.0 Å². The molecule has 4 aromatic rings. The van der Waals surface area contributed by atoms with Gasteiger partial charge in [0.15, 0.2) is 11.6 Å². The smallest absolute Gasteiger partial charge is 0.189 e. The van der Waals surface area contributed by atoms with Crippen molar-refractivity contribution < 1.29 is 9.59 Å². The Kier molecular flexibility index (Phi) is 6.26. The quantitative estimate of drug-likeness (QED) is 0.218. The maximum atomic E-state index is 15.6. The van der Waals surface area contributed by atoms with E-state index in [0.29, 0.717) is 23.1 Å². The number of nitrogens with zero attached hydrogens (tertiary/aromatic N) is 2. The van der Waals surface area contributed by atoms with Crippen molar-refractivity contribution in [3.05, 3.63) is 123 Å². The van der Waals surface area contributed by atoms with Gasteiger partial charge in [-0.2, -0.15) is 0 Å². The number of likely N-dealkylation sites (tertiary alicyclic amines) is 1. The summed E-state index contributed by atoms with van der Waals surface area (Å²) in [6.45, 7) is 1.78. The molecule has 0 aromatic heterocycles. The van der Waals surface area contributed by atoms with Gasteiger partial charge in [0.1, 0.15) is 5.54 Å². The Bertz CT molecular complexity index is 1830. The molecule has 4 aromatic carbocycles. The van der Waals surface area contributed by atoms with Crippen LogP contribution in [0.25, 0.3) is 16.8 Å². The van der Waals surface area contributed by atoms with Crippen LogP contribution in [-0.2, 0) is 10.3 Å². The van der Waals surface area contributed by atoms with E-state index >= 15 is 9.59 Å². The Morgan fingerprint density at radius 1 is 0.837 bits per heavy atom. The van der Waals surface area contributed by atoms with Gasteiger partial charge in [0.2, 0.25) is 0 Å². The number of rotatable bonds is 2. The molecule has 3 fully saturated rings. The van der Waals surface area contributed by atoms with Gasteiger partial charge in [-0.3, -0.25) is 14.5 Å². The molecule has 4 aliphatic rings. The molecule has 1 unspecified atom stereocenters. The third-order valence-corrected chi connectivity index (χ3v) is 11.0. The highest BCUT2D eigenvalue weighted by molar-refractivity contribution is 6.31. The first-order valence-electron chi connectivity index (χ1n) is 15.1. The van der Waals surface area contributed by atoms with Crippen LogP contribution in [0, 0.1) is 5.41 Å². The predicted molar refractivity (Wildman–Crippen MR) is 173 cm³/mol. The van der Waals surface area contributed by atoms with Crippen molar-refractivity contribution in [1.82, 2.24) is 9.80 Å². The number of ketones is 2. The Hall–Kier alpha value is -3.28. The summed E-state index contributed by atoms with van der Waals surface area (Å²) in [5, 5.41) is 3.37. The minimum atomic E-state index is -1.11. The summed E-state index contributed by atoms with van der Waals surface area (Å²) < 4.78 is 0. The van der Waals surface area contributed by atoms with Crippen molar-refractivity contribution in [2.24, 2.45) is 5.41 Å². The van der Waals surface area contributed by atoms with Gasteiger partial charge in [-0.1, -0.05) is 90.3 Å². The highest BCUT2D eigenvalue weighted by Gasteiger charge is 2.77. The molecule has 0 bridgehead atoms. The Morgan fingerprint density at radius 3 is 2.28 bits per heavy atom. The lowest BCUT2D eigenvalue weighted by atomic mass is 9.54. The second-order valence-corrected chi connectivity index (χ2v) is 13.6. The molecule has 8 rings (SSSR count). The standard InChI is InChI=1S/C37H32Cl2N2O2/c1-40-21-26(20-23-11-15-27(38)16-12-23)34(42)36(22-40)33(25-13-17-28(39)18-14-25)31-10-2-3-19-41(31)37(36)30-9-5-7-24-6-4-8-29(32(24)30)35(37)43/h4-9,11-18,20,31,33H,2-3,10,19,21-22H2,1H3/b26-20+/t31-,33-,36?,37-/m0/s1. The zero-order valence-corrected chi connectivity index (χ0v) is 25.5. The number of hydrogen-bond acceptors (Lipinski definition) is 4. The summed E-state index contributed by atoms with van der Waals surface area (Å²) in [7, 11) is 2.08. The maximum Gasteiger partial charge on any atom is 0.189 e. The number of fused-ring (bicyclic) bond motifs is 4. The average molecular weight is 608 g/mol. The second kappa shape index (κ2) is 9.87. The zero-order valence-electron chi connectivity index (χ0n) is 24.0. The summed E-state index contributed by atoms with van der Waals surface area (Å²) in [5.74, 6) is -0.0485. The lowest BCUT2D eigenvalue weighted by molar-refractivity contribution is -0.134. The highest BCUT2D eigenvalue weighted by atomic mass is 35.5. The van der Waals surface area contributed by atoms with Crippen LogP contribution >= 0.6 is 23.2 Å². The topological polar surface area (TPSA) is 40.6 Å². The van der Waals surface area contributed by atoms with Crippen LogP contribution in [0.3, 0.4) is 0 Å². The molecule has 6 heteroatoms. The highest BCUT2D eigenvalue weighted by Crippen LogP contribution is 2.69. The lowest BCUT2D eigenvalue weighted by Gasteiger charge is -2.52. The van der Waals surface area contributed by atoms with E-state index in [9.17, 15) is 0 Å². The molecule has 3 saturated heterocycles. The van der Waals surface area contributed by atoms with Crippen LogP contribution in [0.4, 0.5) is 0 Å². The van der Waals surface area contributed by atoms with E-state index in [1.165, 1.54) is 0 Å². The lowest BCUT2D eigenvalue weighted by Crippen LogP contribution is -2.65. The van der Waals surface area contributed by atoms with Crippen molar-refractivity contribution in [3.63, 3.8) is 0 Å². The number of carbonyl (C=O) groups is 2. The molecule has 0 amide bonds. The summed E-state index contributed by atoms with van der Waals surface area (Å²) in [5.41, 5.74) is 2.28. The monoisotopic (exact) mass is 606 g/mol. The fraction of sp³-hybridized carbons (Fsp3) is 0.297. The number of benzene rings is 4. The minimum Gasteiger partial charge on any atom is -0.301 e. The van der Waals surface area contributed by atoms with Crippen molar-refractivity contribution in [1.29, 1.82) is 0 Å². The largest absolute Gasteiger partial charge is 0.301 e.